The lowest BCUT2D eigenvalue weighted by atomic mass is 9.85. The molecular weight excluding hydrogens is 880 g/mol. The highest BCUT2D eigenvalue weighted by Gasteiger charge is 2.39. The molecule has 11 rings (SSSR count). The first-order valence-corrected chi connectivity index (χ1v) is 24.2. The van der Waals surface area contributed by atoms with Crippen molar-refractivity contribution in [1.82, 2.24) is 44.4 Å². The fourth-order valence-corrected chi connectivity index (χ4v) is 11.1. The van der Waals surface area contributed by atoms with Gasteiger partial charge in [0.25, 0.3) is 12.3 Å². The normalized spacial score (nSPS) is 26.2. The Morgan fingerprint density at radius 3 is 2.53 bits per heavy atom. The van der Waals surface area contributed by atoms with Gasteiger partial charge in [-0.3, -0.25) is 34.0 Å². The number of rotatable bonds is 13. The van der Waals surface area contributed by atoms with E-state index in [9.17, 15) is 23.2 Å². The van der Waals surface area contributed by atoms with Gasteiger partial charge in [-0.1, -0.05) is 30.9 Å². The molecule has 358 valence electrons. The molecule has 2 N–H and O–H groups in total. The number of nitrogens with zero attached hydrogens (tertiary/aromatic N) is 9. The zero-order chi connectivity index (χ0) is 46.6. The highest BCUT2D eigenvalue weighted by atomic mass is 19.3. The van der Waals surface area contributed by atoms with Crippen molar-refractivity contribution >= 4 is 45.8 Å². The number of para-hydroxylation sites is 1. The molecule has 0 radical (unpaired) electrons. The number of imide groups is 1. The number of anilines is 2. The Labute approximate surface area is 391 Å². The molecule has 4 saturated heterocycles. The minimum Gasteiger partial charge on any atom is -0.381 e. The summed E-state index contributed by atoms with van der Waals surface area (Å²) < 4.78 is 61.0. The molecule has 2 saturated carbocycles. The van der Waals surface area contributed by atoms with Crippen LogP contribution < -0.4 is 15.5 Å². The number of likely N-dealkylation sites (tertiary alicyclic amines) is 1. The minimum absolute atomic E-state index is 0.0359. The summed E-state index contributed by atoms with van der Waals surface area (Å²) in [6, 6.07) is 7.77. The number of nitrogens with one attached hydrogen (secondary N) is 2. The number of amides is 3. The third-order valence-electron chi connectivity index (χ3n) is 14.9. The van der Waals surface area contributed by atoms with Crippen LogP contribution in [-0.4, -0.2) is 122 Å². The van der Waals surface area contributed by atoms with Crippen molar-refractivity contribution < 1.29 is 37.0 Å². The molecule has 0 spiro atoms. The van der Waals surface area contributed by atoms with Gasteiger partial charge in [-0.15, -0.1) is 0 Å². The number of halogens is 3. The predicted octanol–water partition coefficient (Wildman–Crippen LogP) is 6.25. The van der Waals surface area contributed by atoms with Gasteiger partial charge in [0.15, 0.2) is 11.3 Å². The van der Waals surface area contributed by atoms with Crippen molar-refractivity contribution in [2.24, 2.45) is 23.7 Å². The maximum absolute atomic E-state index is 15.8. The molecule has 19 heteroatoms. The number of piperidine rings is 2. The summed E-state index contributed by atoms with van der Waals surface area (Å²) in [4.78, 5) is 47.3. The Morgan fingerprint density at radius 1 is 0.985 bits per heavy atom. The van der Waals surface area contributed by atoms with E-state index in [2.05, 4.69) is 42.5 Å². The Kier molecular flexibility index (Phi) is 12.2. The summed E-state index contributed by atoms with van der Waals surface area (Å²) in [6.07, 6.45) is 6.89. The Balaban J connectivity index is 0.669. The van der Waals surface area contributed by atoms with E-state index in [1.165, 1.54) is 16.9 Å². The molecule has 5 aromatic rings. The molecule has 68 heavy (non-hydrogen) atoms. The number of benzene rings is 1. The summed E-state index contributed by atoms with van der Waals surface area (Å²) in [7, 11) is 0. The lowest BCUT2D eigenvalue weighted by Gasteiger charge is -2.43. The van der Waals surface area contributed by atoms with Crippen LogP contribution in [0.15, 0.2) is 42.9 Å². The summed E-state index contributed by atoms with van der Waals surface area (Å²) in [5, 5.41) is 19.5. The Bertz CT molecular complexity index is 2760. The summed E-state index contributed by atoms with van der Waals surface area (Å²) in [5.74, 6) is 6.89. The third-order valence-corrected chi connectivity index (χ3v) is 14.9. The number of hydrogen-bond acceptors (Lipinski definition) is 11. The smallest absolute Gasteiger partial charge is 0.284 e. The van der Waals surface area contributed by atoms with Gasteiger partial charge in [0, 0.05) is 62.8 Å². The Morgan fingerprint density at radius 2 is 1.79 bits per heavy atom. The maximum atomic E-state index is 15.8. The average Bonchev–Trinajstić information content (AvgIpc) is 3.71. The van der Waals surface area contributed by atoms with E-state index in [-0.39, 0.29) is 60.6 Å². The Hall–Kier alpha value is -5.84. The van der Waals surface area contributed by atoms with Crippen molar-refractivity contribution in [3.05, 3.63) is 65.4 Å². The zero-order valence-electron chi connectivity index (χ0n) is 38.0. The van der Waals surface area contributed by atoms with Crippen molar-refractivity contribution in [3.63, 3.8) is 0 Å². The molecule has 1 aromatic carbocycles. The largest absolute Gasteiger partial charge is 0.381 e. The van der Waals surface area contributed by atoms with E-state index in [4.69, 9.17) is 19.6 Å². The monoisotopic (exact) mass is 935 g/mol. The lowest BCUT2D eigenvalue weighted by Crippen LogP contribution is -2.52. The minimum atomic E-state index is -2.89. The third kappa shape index (κ3) is 8.98. The second kappa shape index (κ2) is 18.6. The van der Waals surface area contributed by atoms with Gasteiger partial charge >= 0.3 is 0 Å². The second-order valence-corrected chi connectivity index (χ2v) is 19.9. The zero-order valence-corrected chi connectivity index (χ0v) is 38.0. The molecule has 16 nitrogen and oxygen atoms in total. The van der Waals surface area contributed by atoms with Crippen LogP contribution >= 0.6 is 0 Å². The topological polar surface area (TPSA) is 166 Å². The highest BCUT2D eigenvalue weighted by Crippen LogP contribution is 2.41. The molecule has 2 aliphatic carbocycles. The van der Waals surface area contributed by atoms with Crippen LogP contribution in [-0.2, 0) is 19.1 Å². The van der Waals surface area contributed by atoms with Gasteiger partial charge in [0.05, 0.1) is 66.0 Å². The first-order valence-electron chi connectivity index (χ1n) is 24.2. The number of alkyl halides is 3. The molecular formula is C49H56F3N11O5. The van der Waals surface area contributed by atoms with Crippen molar-refractivity contribution in [2.75, 3.05) is 62.8 Å². The SMILES string of the molecule is C[C@@H]1CN(C[C@H]2CC[C@H](n3cc(NC(=O)c4cnn5ccc(N6CC(CC7COC7)C6)nc45)c(C(F)F)n3)CC2)C[C@H](F)[C@@H]1OCC#Cc1cccc2c(C3CCC(=O)NC3=O)nn(C3CC3)c12. The fraction of sp³-hybridized carbons (Fsp3) is 0.571. The summed E-state index contributed by atoms with van der Waals surface area (Å²) >= 11 is 0. The van der Waals surface area contributed by atoms with Gasteiger partial charge in [-0.05, 0) is 81.3 Å². The highest BCUT2D eigenvalue weighted by molar-refractivity contribution is 6.08. The molecule has 4 aliphatic heterocycles. The molecule has 4 aromatic heterocycles. The molecule has 1 unspecified atom stereocenters. The average molecular weight is 936 g/mol. The number of aromatic nitrogens is 7. The van der Waals surface area contributed by atoms with E-state index in [0.717, 1.165) is 100 Å². The van der Waals surface area contributed by atoms with Gasteiger partial charge in [-0.2, -0.15) is 15.3 Å². The maximum Gasteiger partial charge on any atom is 0.284 e. The van der Waals surface area contributed by atoms with Crippen LogP contribution in [0, 0.1) is 35.5 Å². The number of carbonyl (C=O) groups is 3. The lowest BCUT2D eigenvalue weighted by molar-refractivity contribution is -0.134. The van der Waals surface area contributed by atoms with E-state index in [1.807, 2.05) is 35.9 Å². The number of hydrogen-bond donors (Lipinski definition) is 2. The number of ether oxygens (including phenoxy) is 2. The van der Waals surface area contributed by atoms with E-state index >= 15 is 4.39 Å². The number of carbonyl (C=O) groups excluding carboxylic acids is 3. The van der Waals surface area contributed by atoms with Gasteiger partial charge in [0.1, 0.15) is 24.2 Å². The van der Waals surface area contributed by atoms with E-state index in [1.54, 1.807) is 10.9 Å². The standard InChI is InChI=1S/C49H56F3N11O5/c1-28-20-59(24-38(50)45(28)68-17-3-5-32-4-2-6-35-42(36-13-14-41(64)56-48(36)65)58-63(44(32)35)34-11-12-34)21-29-7-9-33(10-8-29)62-25-39(43(57-62)46(51)52)54-49(66)37-19-53-61-16-15-40(55-47(37)61)60-22-30(23-60)18-31-26-67-27-31/h2,4,6,15-16,19,25,28-31,33-34,36,38,45-46H,7-14,17-18,20-24,26-27H2,1H3,(H,54,66)(H,56,64,65)/t28-,29-,33-,36?,38+,45-/m1/s1. The second-order valence-electron chi connectivity index (χ2n) is 19.9. The van der Waals surface area contributed by atoms with E-state index in [0.29, 0.717) is 42.1 Å². The van der Waals surface area contributed by atoms with Crippen molar-refractivity contribution in [2.45, 2.75) is 101 Å². The van der Waals surface area contributed by atoms with Crippen molar-refractivity contribution in [3.8, 4) is 11.8 Å². The first kappa shape index (κ1) is 44.7. The van der Waals surface area contributed by atoms with E-state index < -0.39 is 36.2 Å². The van der Waals surface area contributed by atoms with Gasteiger partial charge in [0.2, 0.25) is 11.8 Å². The number of fused-ring (bicyclic) bond motifs is 2. The van der Waals surface area contributed by atoms with Gasteiger partial charge < -0.3 is 19.7 Å². The predicted molar refractivity (Wildman–Crippen MR) is 244 cm³/mol. The molecule has 0 bridgehead atoms. The molecule has 6 fully saturated rings. The van der Waals surface area contributed by atoms with Crippen LogP contribution in [0.5, 0.6) is 0 Å². The molecule has 6 aliphatic rings. The fourth-order valence-electron chi connectivity index (χ4n) is 11.1. The molecule has 3 amide bonds. The first-order chi connectivity index (χ1) is 33.0. The summed E-state index contributed by atoms with van der Waals surface area (Å²) in [6.45, 7) is 7.16. The summed E-state index contributed by atoms with van der Waals surface area (Å²) in [5.41, 5.74) is 2.33. The van der Waals surface area contributed by atoms with Crippen LogP contribution in [0.2, 0.25) is 0 Å². The van der Waals surface area contributed by atoms with Crippen LogP contribution in [0.1, 0.15) is 116 Å². The van der Waals surface area contributed by atoms with Crippen molar-refractivity contribution in [1.29, 1.82) is 0 Å². The van der Waals surface area contributed by atoms with Crippen LogP contribution in [0.25, 0.3) is 16.6 Å². The van der Waals surface area contributed by atoms with Crippen LogP contribution in [0.4, 0.5) is 24.7 Å². The van der Waals surface area contributed by atoms with Gasteiger partial charge in [-0.25, -0.2) is 22.7 Å². The molecule has 8 heterocycles. The molecule has 4 atom stereocenters. The quantitative estimate of drug-likeness (QED) is 0.101. The van der Waals surface area contributed by atoms with Crippen LogP contribution in [0.3, 0.4) is 0 Å².